The fraction of sp³-hybridized carbons (Fsp3) is 0.381. The summed E-state index contributed by atoms with van der Waals surface area (Å²) in [4.78, 5) is 12.0. The molecule has 0 saturated heterocycles. The van der Waals surface area contributed by atoms with E-state index in [1.807, 2.05) is 0 Å². The van der Waals surface area contributed by atoms with Gasteiger partial charge < -0.3 is 19.0 Å². The number of nitrogens with one attached hydrogen (secondary N) is 1. The maximum Gasteiger partial charge on any atom is 0.407 e. The van der Waals surface area contributed by atoms with Crippen molar-refractivity contribution in [2.45, 2.75) is 43.8 Å². The summed E-state index contributed by atoms with van der Waals surface area (Å²) in [6.45, 7) is 7.32. The lowest BCUT2D eigenvalue weighted by atomic mass is 9.95. The highest BCUT2D eigenvalue weighted by molar-refractivity contribution is 7.87. The number of carbonyl (C=O) groups excluding carboxylic acids is 1. The van der Waals surface area contributed by atoms with Crippen molar-refractivity contribution in [2.24, 2.45) is 0 Å². The first-order chi connectivity index (χ1) is 13.5. The van der Waals surface area contributed by atoms with E-state index in [1.165, 1.54) is 19.2 Å². The number of hydrogen-bond acceptors (Lipinski definition) is 6. The van der Waals surface area contributed by atoms with Crippen LogP contribution in [0, 0.1) is 0 Å². The molecule has 8 heteroatoms. The SMILES string of the molecule is COC(C)(CNC(=O)OC(C)(C)C)c1ccc(OS(=O)(=O)c2ccccc2)cc1. The van der Waals surface area contributed by atoms with Gasteiger partial charge in [-0.2, -0.15) is 8.42 Å². The minimum atomic E-state index is -3.91. The van der Waals surface area contributed by atoms with Gasteiger partial charge in [0.1, 0.15) is 21.8 Å². The fourth-order valence-electron chi connectivity index (χ4n) is 2.47. The molecule has 0 aliphatic heterocycles. The third kappa shape index (κ3) is 6.47. The van der Waals surface area contributed by atoms with Gasteiger partial charge in [0, 0.05) is 7.11 Å². The molecule has 1 amide bonds. The quantitative estimate of drug-likeness (QED) is 0.683. The Morgan fingerprint density at radius 2 is 1.55 bits per heavy atom. The molecule has 1 N–H and O–H groups in total. The van der Waals surface area contributed by atoms with Gasteiger partial charge in [0.05, 0.1) is 6.54 Å². The summed E-state index contributed by atoms with van der Waals surface area (Å²) >= 11 is 0. The molecule has 0 spiro atoms. The van der Waals surface area contributed by atoms with Gasteiger partial charge in [0.25, 0.3) is 0 Å². The first kappa shape index (κ1) is 22.7. The Bertz CT molecular complexity index is 920. The monoisotopic (exact) mass is 421 g/mol. The zero-order valence-corrected chi connectivity index (χ0v) is 18.1. The second-order valence-electron chi connectivity index (χ2n) is 7.67. The van der Waals surface area contributed by atoms with E-state index in [0.717, 1.165) is 5.56 Å². The number of ether oxygens (including phenoxy) is 2. The van der Waals surface area contributed by atoms with Crippen molar-refractivity contribution in [3.63, 3.8) is 0 Å². The molecular weight excluding hydrogens is 394 g/mol. The van der Waals surface area contributed by atoms with Gasteiger partial charge in [-0.05, 0) is 57.5 Å². The summed E-state index contributed by atoms with van der Waals surface area (Å²) in [6.07, 6.45) is -0.547. The predicted octanol–water partition coefficient (Wildman–Crippen LogP) is 3.84. The molecule has 1 atom stereocenters. The van der Waals surface area contributed by atoms with Crippen LogP contribution in [0.4, 0.5) is 4.79 Å². The Kier molecular flexibility index (Phi) is 6.92. The van der Waals surface area contributed by atoms with E-state index in [4.69, 9.17) is 13.7 Å². The van der Waals surface area contributed by atoms with E-state index < -0.39 is 27.4 Å². The summed E-state index contributed by atoms with van der Waals surface area (Å²) < 4.78 is 40.7. The highest BCUT2D eigenvalue weighted by Crippen LogP contribution is 2.27. The lowest BCUT2D eigenvalue weighted by Crippen LogP contribution is -2.42. The highest BCUT2D eigenvalue weighted by atomic mass is 32.2. The van der Waals surface area contributed by atoms with Crippen LogP contribution in [-0.2, 0) is 25.2 Å². The lowest BCUT2D eigenvalue weighted by molar-refractivity contribution is -0.00291. The van der Waals surface area contributed by atoms with Gasteiger partial charge in [-0.1, -0.05) is 30.3 Å². The largest absolute Gasteiger partial charge is 0.444 e. The van der Waals surface area contributed by atoms with Crippen LogP contribution in [0.25, 0.3) is 0 Å². The number of hydrogen-bond donors (Lipinski definition) is 1. The van der Waals surface area contributed by atoms with E-state index in [9.17, 15) is 13.2 Å². The number of benzene rings is 2. The summed E-state index contributed by atoms with van der Waals surface area (Å²) in [6, 6.07) is 14.4. The van der Waals surface area contributed by atoms with E-state index >= 15 is 0 Å². The standard InChI is InChI=1S/C21H27NO6S/c1-20(2,3)27-19(23)22-15-21(4,26-5)16-11-13-17(14-12-16)28-29(24,25)18-9-7-6-8-10-18/h6-14H,15H2,1-5H3,(H,22,23). The van der Waals surface area contributed by atoms with Crippen LogP contribution < -0.4 is 9.50 Å². The number of alkyl carbamates (subject to hydrolysis) is 1. The van der Waals surface area contributed by atoms with Gasteiger partial charge in [-0.3, -0.25) is 0 Å². The van der Waals surface area contributed by atoms with Crippen molar-refractivity contribution in [1.29, 1.82) is 0 Å². The Hall–Kier alpha value is -2.58. The van der Waals surface area contributed by atoms with Gasteiger partial charge in [0.15, 0.2) is 0 Å². The number of amides is 1. The van der Waals surface area contributed by atoms with Crippen molar-refractivity contribution >= 4 is 16.2 Å². The lowest BCUT2D eigenvalue weighted by Gasteiger charge is -2.30. The van der Waals surface area contributed by atoms with Crippen LogP contribution in [0.1, 0.15) is 33.3 Å². The molecule has 0 saturated carbocycles. The normalized spacial score (nSPS) is 14.0. The van der Waals surface area contributed by atoms with E-state index in [-0.39, 0.29) is 17.2 Å². The van der Waals surface area contributed by atoms with Crippen LogP contribution >= 0.6 is 0 Å². The summed E-state index contributed by atoms with van der Waals surface area (Å²) in [5.41, 5.74) is -0.703. The van der Waals surface area contributed by atoms with Crippen molar-refractivity contribution in [2.75, 3.05) is 13.7 Å². The van der Waals surface area contributed by atoms with Crippen LogP contribution in [0.15, 0.2) is 59.5 Å². The second-order valence-corrected chi connectivity index (χ2v) is 9.21. The molecule has 2 aromatic rings. The topological polar surface area (TPSA) is 90.9 Å². The second kappa shape index (κ2) is 8.84. The zero-order valence-electron chi connectivity index (χ0n) is 17.3. The van der Waals surface area contributed by atoms with Crippen LogP contribution in [0.2, 0.25) is 0 Å². The van der Waals surface area contributed by atoms with E-state index in [0.29, 0.717) is 0 Å². The number of carbonyl (C=O) groups is 1. The van der Waals surface area contributed by atoms with Gasteiger partial charge in [0.2, 0.25) is 0 Å². The summed E-state index contributed by atoms with van der Waals surface area (Å²) in [5.74, 6) is 0.177. The van der Waals surface area contributed by atoms with Gasteiger partial charge in [-0.15, -0.1) is 0 Å². The van der Waals surface area contributed by atoms with Gasteiger partial charge in [-0.25, -0.2) is 4.79 Å². The molecule has 0 aliphatic rings. The Labute approximate surface area is 172 Å². The average Bonchev–Trinajstić information content (AvgIpc) is 2.66. The minimum Gasteiger partial charge on any atom is -0.444 e. The zero-order chi connectivity index (χ0) is 21.7. The highest BCUT2D eigenvalue weighted by Gasteiger charge is 2.28. The third-order valence-corrected chi connectivity index (χ3v) is 5.38. The number of methoxy groups -OCH3 is 1. The molecule has 29 heavy (non-hydrogen) atoms. The van der Waals surface area contributed by atoms with Crippen molar-refractivity contribution < 1.29 is 26.9 Å². The summed E-state index contributed by atoms with van der Waals surface area (Å²) in [5, 5.41) is 2.69. The summed E-state index contributed by atoms with van der Waals surface area (Å²) in [7, 11) is -2.38. The van der Waals surface area contributed by atoms with Crippen LogP contribution in [-0.4, -0.2) is 33.8 Å². The number of rotatable bonds is 7. The third-order valence-electron chi connectivity index (χ3n) is 4.12. The maximum atomic E-state index is 12.3. The Balaban J connectivity index is 2.09. The molecule has 0 heterocycles. The molecule has 0 bridgehead atoms. The van der Waals surface area contributed by atoms with Crippen molar-refractivity contribution in [3.05, 3.63) is 60.2 Å². The van der Waals surface area contributed by atoms with E-state index in [1.54, 1.807) is 70.2 Å². The Morgan fingerprint density at radius 1 is 0.966 bits per heavy atom. The molecule has 7 nitrogen and oxygen atoms in total. The van der Waals surface area contributed by atoms with Crippen molar-refractivity contribution in [1.82, 2.24) is 5.32 Å². The molecule has 0 fully saturated rings. The van der Waals surface area contributed by atoms with Gasteiger partial charge >= 0.3 is 16.2 Å². The van der Waals surface area contributed by atoms with Crippen LogP contribution in [0.3, 0.4) is 0 Å². The molecule has 1 unspecified atom stereocenters. The molecule has 2 aromatic carbocycles. The fourth-order valence-corrected chi connectivity index (χ4v) is 3.42. The average molecular weight is 422 g/mol. The predicted molar refractivity (Wildman–Crippen MR) is 109 cm³/mol. The molecule has 0 aliphatic carbocycles. The Morgan fingerprint density at radius 3 is 2.07 bits per heavy atom. The van der Waals surface area contributed by atoms with Crippen molar-refractivity contribution in [3.8, 4) is 5.75 Å². The minimum absolute atomic E-state index is 0.0763. The first-order valence-corrected chi connectivity index (χ1v) is 10.5. The molecular formula is C21H27NO6S. The molecule has 0 radical (unpaired) electrons. The smallest absolute Gasteiger partial charge is 0.407 e. The molecule has 158 valence electrons. The maximum absolute atomic E-state index is 12.3. The molecule has 2 rings (SSSR count). The molecule has 0 aromatic heterocycles. The van der Waals surface area contributed by atoms with E-state index in [2.05, 4.69) is 5.32 Å². The first-order valence-electron chi connectivity index (χ1n) is 9.07. The van der Waals surface area contributed by atoms with Crippen LogP contribution in [0.5, 0.6) is 5.75 Å².